The molecule has 1 heterocycles. The number of nitrogens with one attached hydrogen (secondary N) is 1. The Morgan fingerprint density at radius 3 is 2.72 bits per heavy atom. The van der Waals surface area contributed by atoms with E-state index in [1.54, 1.807) is 23.7 Å². The smallest absolute Gasteiger partial charge is 0.251 e. The van der Waals surface area contributed by atoms with Crippen LogP contribution >= 0.6 is 0 Å². The fourth-order valence-electron chi connectivity index (χ4n) is 2.77. The molecule has 0 fully saturated rings. The monoisotopic (exact) mass is 338 g/mol. The number of aryl methyl sites for hydroxylation is 1. The van der Waals surface area contributed by atoms with Gasteiger partial charge in [0.05, 0.1) is 17.7 Å². The summed E-state index contributed by atoms with van der Waals surface area (Å²) >= 11 is 0. The fraction of sp³-hybridized carbons (Fsp3) is 0.316. The zero-order valence-corrected chi connectivity index (χ0v) is 14.4. The minimum Gasteiger partial charge on any atom is -0.391 e. The molecule has 0 aliphatic heterocycles. The lowest BCUT2D eigenvalue weighted by Crippen LogP contribution is -2.42. The lowest BCUT2D eigenvalue weighted by molar-refractivity contribution is 0.0852. The highest BCUT2D eigenvalue weighted by Crippen LogP contribution is 2.14. The molecular formula is C19H22N4O2. The molecule has 2 aromatic carbocycles. The van der Waals surface area contributed by atoms with Crippen molar-refractivity contribution in [1.82, 2.24) is 20.3 Å². The molecule has 2 N–H and O–H groups in total. The number of amides is 1. The van der Waals surface area contributed by atoms with E-state index in [1.165, 1.54) is 0 Å². The summed E-state index contributed by atoms with van der Waals surface area (Å²) in [5.74, 6) is -0.229. The quantitative estimate of drug-likeness (QED) is 0.722. The Balaban J connectivity index is 1.66. The number of aliphatic hydroxyl groups is 1. The van der Waals surface area contributed by atoms with Gasteiger partial charge in [0.15, 0.2) is 0 Å². The first-order valence-corrected chi connectivity index (χ1v) is 8.44. The number of hydrogen-bond acceptors (Lipinski definition) is 4. The molecule has 25 heavy (non-hydrogen) atoms. The number of carbonyl (C=O) groups excluding carboxylic acids is 1. The van der Waals surface area contributed by atoms with Crippen molar-refractivity contribution in [3.8, 4) is 0 Å². The Hall–Kier alpha value is -2.73. The average molecular weight is 338 g/mol. The van der Waals surface area contributed by atoms with Crippen molar-refractivity contribution >= 4 is 16.9 Å². The molecular weight excluding hydrogens is 316 g/mol. The summed E-state index contributed by atoms with van der Waals surface area (Å²) in [5.41, 5.74) is 3.13. The molecule has 0 radical (unpaired) electrons. The molecule has 0 bridgehead atoms. The Morgan fingerprint density at radius 1 is 1.24 bits per heavy atom. The van der Waals surface area contributed by atoms with Gasteiger partial charge in [-0.2, -0.15) is 0 Å². The first-order valence-electron chi connectivity index (χ1n) is 8.44. The van der Waals surface area contributed by atoms with Crippen molar-refractivity contribution < 1.29 is 9.90 Å². The van der Waals surface area contributed by atoms with Crippen LogP contribution in [0.25, 0.3) is 11.0 Å². The predicted octanol–water partition coefficient (Wildman–Crippen LogP) is 2.17. The van der Waals surface area contributed by atoms with Crippen LogP contribution in [0.2, 0.25) is 0 Å². The first-order chi connectivity index (χ1) is 12.1. The molecule has 3 aromatic rings. The first kappa shape index (κ1) is 17.1. The third-order valence-corrected chi connectivity index (χ3v) is 4.30. The van der Waals surface area contributed by atoms with Gasteiger partial charge in [-0.1, -0.05) is 35.5 Å². The molecule has 0 saturated carbocycles. The molecule has 0 spiro atoms. The number of benzene rings is 2. The molecule has 1 amide bonds. The molecule has 0 saturated heterocycles. The van der Waals surface area contributed by atoms with Gasteiger partial charge in [-0.05, 0) is 37.6 Å². The van der Waals surface area contributed by atoms with Crippen molar-refractivity contribution in [2.75, 3.05) is 0 Å². The topological polar surface area (TPSA) is 80.0 Å². The number of rotatable bonds is 6. The normalized spacial score (nSPS) is 13.6. The summed E-state index contributed by atoms with van der Waals surface area (Å²) in [4.78, 5) is 12.5. The van der Waals surface area contributed by atoms with E-state index in [4.69, 9.17) is 0 Å². The second-order valence-electron chi connectivity index (χ2n) is 6.13. The molecule has 3 rings (SSSR count). The Kier molecular flexibility index (Phi) is 5.09. The minimum atomic E-state index is -0.656. The van der Waals surface area contributed by atoms with Gasteiger partial charge in [0.25, 0.3) is 5.91 Å². The van der Waals surface area contributed by atoms with Crippen molar-refractivity contribution in [2.45, 2.75) is 39.0 Å². The van der Waals surface area contributed by atoms with Crippen LogP contribution in [0.15, 0.2) is 48.5 Å². The van der Waals surface area contributed by atoms with E-state index < -0.39 is 6.10 Å². The summed E-state index contributed by atoms with van der Waals surface area (Å²) < 4.78 is 1.78. The highest BCUT2D eigenvalue weighted by atomic mass is 16.3. The summed E-state index contributed by atoms with van der Waals surface area (Å²) in [6.45, 7) is 4.52. The standard InChI is InChI=1S/C19H22N4O2/c1-3-23-17-10-9-15(12-16(17)21-22-23)19(25)20-13(2)18(24)11-14-7-5-4-6-8-14/h4-10,12-13,18,24H,3,11H2,1-2H3,(H,20,25). The van der Waals surface area contributed by atoms with Crippen LogP contribution in [0.1, 0.15) is 29.8 Å². The fourth-order valence-corrected chi connectivity index (χ4v) is 2.77. The van der Waals surface area contributed by atoms with Gasteiger partial charge in [-0.25, -0.2) is 4.68 Å². The van der Waals surface area contributed by atoms with Crippen LogP contribution < -0.4 is 5.32 Å². The van der Waals surface area contributed by atoms with Crippen molar-refractivity contribution in [3.63, 3.8) is 0 Å². The molecule has 2 unspecified atom stereocenters. The van der Waals surface area contributed by atoms with Crippen molar-refractivity contribution in [2.24, 2.45) is 0 Å². The summed E-state index contributed by atoms with van der Waals surface area (Å²) in [5, 5.41) is 21.3. The largest absolute Gasteiger partial charge is 0.391 e. The van der Waals surface area contributed by atoms with Crippen LogP contribution in [0.3, 0.4) is 0 Å². The van der Waals surface area contributed by atoms with Crippen LogP contribution in [-0.4, -0.2) is 38.2 Å². The second kappa shape index (κ2) is 7.44. The van der Waals surface area contributed by atoms with Crippen LogP contribution in [0.4, 0.5) is 0 Å². The summed E-state index contributed by atoms with van der Waals surface area (Å²) in [6.07, 6.45) is -0.164. The van der Waals surface area contributed by atoms with Crippen LogP contribution in [0.5, 0.6) is 0 Å². The third kappa shape index (κ3) is 3.85. The Morgan fingerprint density at radius 2 is 2.00 bits per heavy atom. The SMILES string of the molecule is CCn1nnc2cc(C(=O)NC(C)C(O)Cc3ccccc3)ccc21. The van der Waals surface area contributed by atoms with Gasteiger partial charge >= 0.3 is 0 Å². The van der Waals surface area contributed by atoms with Gasteiger partial charge < -0.3 is 10.4 Å². The Bertz CT molecular complexity index is 860. The van der Waals surface area contributed by atoms with Gasteiger partial charge in [-0.15, -0.1) is 5.10 Å². The molecule has 130 valence electrons. The van der Waals surface area contributed by atoms with E-state index in [2.05, 4.69) is 15.6 Å². The third-order valence-electron chi connectivity index (χ3n) is 4.30. The van der Waals surface area contributed by atoms with Gasteiger partial charge in [-0.3, -0.25) is 4.79 Å². The van der Waals surface area contributed by atoms with E-state index >= 15 is 0 Å². The zero-order chi connectivity index (χ0) is 17.8. The Labute approximate surface area is 146 Å². The maximum atomic E-state index is 12.5. The number of hydrogen-bond donors (Lipinski definition) is 2. The molecule has 0 aliphatic rings. The van der Waals surface area contributed by atoms with E-state index in [-0.39, 0.29) is 11.9 Å². The average Bonchev–Trinajstić information content (AvgIpc) is 3.04. The molecule has 6 nitrogen and oxygen atoms in total. The number of fused-ring (bicyclic) bond motifs is 1. The zero-order valence-electron chi connectivity index (χ0n) is 14.4. The highest BCUT2D eigenvalue weighted by Gasteiger charge is 2.18. The maximum absolute atomic E-state index is 12.5. The molecule has 1 aromatic heterocycles. The van der Waals surface area contributed by atoms with Crippen molar-refractivity contribution in [3.05, 3.63) is 59.7 Å². The van der Waals surface area contributed by atoms with Gasteiger partial charge in [0, 0.05) is 18.5 Å². The molecule has 6 heteroatoms. The van der Waals surface area contributed by atoms with E-state index in [9.17, 15) is 9.90 Å². The van der Waals surface area contributed by atoms with Gasteiger partial charge in [0.1, 0.15) is 5.52 Å². The van der Waals surface area contributed by atoms with E-state index in [0.717, 1.165) is 17.6 Å². The number of carbonyl (C=O) groups is 1. The molecule has 0 aliphatic carbocycles. The number of aliphatic hydroxyl groups excluding tert-OH is 1. The lowest BCUT2D eigenvalue weighted by Gasteiger charge is -2.20. The highest BCUT2D eigenvalue weighted by molar-refractivity contribution is 5.97. The maximum Gasteiger partial charge on any atom is 0.251 e. The minimum absolute atomic E-state index is 0.229. The van der Waals surface area contributed by atoms with E-state index in [0.29, 0.717) is 17.5 Å². The predicted molar refractivity (Wildman–Crippen MR) is 96.3 cm³/mol. The van der Waals surface area contributed by atoms with Crippen molar-refractivity contribution in [1.29, 1.82) is 0 Å². The lowest BCUT2D eigenvalue weighted by atomic mass is 10.0. The van der Waals surface area contributed by atoms with Crippen LogP contribution in [-0.2, 0) is 13.0 Å². The summed E-state index contributed by atoms with van der Waals surface area (Å²) in [7, 11) is 0. The van der Waals surface area contributed by atoms with Crippen LogP contribution in [0, 0.1) is 0 Å². The van der Waals surface area contributed by atoms with E-state index in [1.807, 2.05) is 43.3 Å². The van der Waals surface area contributed by atoms with Gasteiger partial charge in [0.2, 0.25) is 0 Å². The summed E-state index contributed by atoms with van der Waals surface area (Å²) in [6, 6.07) is 14.7. The second-order valence-corrected chi connectivity index (χ2v) is 6.13. The number of nitrogens with zero attached hydrogens (tertiary/aromatic N) is 3. The number of aromatic nitrogens is 3. The molecule has 2 atom stereocenters.